The third-order valence-corrected chi connectivity index (χ3v) is 13.0. The van der Waals surface area contributed by atoms with Gasteiger partial charge in [-0.2, -0.15) is 0 Å². The highest BCUT2D eigenvalue weighted by molar-refractivity contribution is 8.00. The van der Waals surface area contributed by atoms with Gasteiger partial charge in [-0.25, -0.2) is 0 Å². The maximum atomic E-state index is 6.59. The van der Waals surface area contributed by atoms with Crippen molar-refractivity contribution in [3.63, 3.8) is 0 Å². The molecule has 49 heavy (non-hydrogen) atoms. The first kappa shape index (κ1) is 27.7. The normalized spacial score (nSPS) is 14.2. The molecule has 0 fully saturated rings. The van der Waals surface area contributed by atoms with Gasteiger partial charge in [0.2, 0.25) is 0 Å². The monoisotopic (exact) mass is 663 g/mol. The molecule has 0 bridgehead atoms. The highest BCUT2D eigenvalue weighted by atomic mass is 32.2. The Labute approximate surface area is 294 Å². The fraction of sp³-hybridized carbons (Fsp3) is 0.0488. The van der Waals surface area contributed by atoms with Gasteiger partial charge >= 0.3 is 0 Å². The van der Waals surface area contributed by atoms with E-state index in [1.807, 2.05) is 41.6 Å². The van der Waals surface area contributed by atoms with E-state index < -0.39 is 0 Å². The van der Waals surface area contributed by atoms with E-state index in [4.69, 9.17) is 4.74 Å². The Hall–Kier alpha value is -5.17. The van der Waals surface area contributed by atoms with E-state index in [0.29, 0.717) is 0 Å². The summed E-state index contributed by atoms with van der Waals surface area (Å²) >= 11 is 3.83. The number of hydrogen-bond donors (Lipinski definition) is 0. The van der Waals surface area contributed by atoms with Crippen LogP contribution in [-0.4, -0.2) is 18.4 Å². The van der Waals surface area contributed by atoms with Crippen LogP contribution >= 0.6 is 23.1 Å². The first-order valence-electron chi connectivity index (χ1n) is 16.7. The van der Waals surface area contributed by atoms with Crippen LogP contribution in [-0.2, 0) is 0 Å². The highest BCUT2D eigenvalue weighted by Crippen LogP contribution is 2.47. The van der Waals surface area contributed by atoms with Crippen LogP contribution in [0.25, 0.3) is 0 Å². The third-order valence-electron chi connectivity index (χ3n) is 10.7. The maximum Gasteiger partial charge on any atom is 0.258 e. The van der Waals surface area contributed by atoms with Gasteiger partial charge in [-0.05, 0) is 107 Å². The first-order chi connectivity index (χ1) is 24.2. The van der Waals surface area contributed by atoms with Crippen LogP contribution < -0.4 is 47.3 Å². The minimum absolute atomic E-state index is 0.000242. The summed E-state index contributed by atoms with van der Waals surface area (Å²) in [5, 5.41) is 1.32. The summed E-state index contributed by atoms with van der Waals surface area (Å²) in [6.07, 6.45) is 3.84. The zero-order valence-electron chi connectivity index (χ0n) is 26.8. The predicted molar refractivity (Wildman–Crippen MR) is 207 cm³/mol. The number of thiophene rings is 1. The fourth-order valence-corrected chi connectivity index (χ4v) is 10.9. The second-order valence-corrected chi connectivity index (χ2v) is 15.4. The van der Waals surface area contributed by atoms with E-state index in [1.165, 1.54) is 69.6 Å². The van der Waals surface area contributed by atoms with Crippen molar-refractivity contribution in [3.8, 4) is 11.5 Å². The van der Waals surface area contributed by atoms with Crippen LogP contribution in [0.2, 0.25) is 0 Å². The molecule has 0 spiro atoms. The Kier molecular flexibility index (Phi) is 5.76. The fourth-order valence-electron chi connectivity index (χ4n) is 8.49. The number of aryl methyl sites for hydroxylation is 1. The largest absolute Gasteiger partial charge is 0.458 e. The number of fused-ring (bicyclic) bond motifs is 8. The van der Waals surface area contributed by atoms with Crippen molar-refractivity contribution in [2.45, 2.75) is 23.6 Å². The van der Waals surface area contributed by atoms with Gasteiger partial charge in [-0.3, -0.25) is 4.98 Å². The SMILES string of the molecule is Cc1sc2c(c1C)B1c3cc4c(cc3Sc3cccc(c31)N2c1ccccc1)N(c1ccccc1)c1cccc2c1B4c1cnccc1O2. The van der Waals surface area contributed by atoms with Crippen molar-refractivity contribution in [3.05, 3.63) is 138 Å². The number of aromatic nitrogens is 1. The standard InChI is InChI=1S/C41H27B2N3OS2/c1-24-25(2)48-41-38(24)43-29-21-28-33(22-37(29)49-36-18-10-16-32(40(36)43)46(41)27-13-7-4-8-14-27)45(26-11-5-3-6-12-26)31-15-9-17-35-39(31)42(28)30-23-44-20-19-34(30)47-35/h3-23H,1-2H3. The van der Waals surface area contributed by atoms with E-state index in [-0.39, 0.29) is 13.4 Å². The molecule has 0 saturated carbocycles. The lowest BCUT2D eigenvalue weighted by molar-refractivity contribution is 0.487. The minimum Gasteiger partial charge on any atom is -0.458 e. The summed E-state index contributed by atoms with van der Waals surface area (Å²) < 4.78 is 6.59. The topological polar surface area (TPSA) is 28.6 Å². The molecule has 4 aliphatic heterocycles. The molecule has 5 aromatic carbocycles. The number of hydrogen-bond acceptors (Lipinski definition) is 6. The molecule has 7 aromatic rings. The van der Waals surface area contributed by atoms with Crippen LogP contribution in [0.4, 0.5) is 33.4 Å². The summed E-state index contributed by atoms with van der Waals surface area (Å²) in [6.45, 7) is 4.73. The summed E-state index contributed by atoms with van der Waals surface area (Å²) in [5.41, 5.74) is 15.2. The molecule has 0 aliphatic carbocycles. The first-order valence-corrected chi connectivity index (χ1v) is 18.3. The molecule has 2 aromatic heterocycles. The number of nitrogens with zero attached hydrogens (tertiary/aromatic N) is 3. The Morgan fingerprint density at radius 3 is 2.12 bits per heavy atom. The molecule has 6 heterocycles. The Morgan fingerprint density at radius 1 is 0.592 bits per heavy atom. The molecule has 0 unspecified atom stereocenters. The summed E-state index contributed by atoms with van der Waals surface area (Å²) in [5.74, 6) is 1.79. The van der Waals surface area contributed by atoms with Gasteiger partial charge < -0.3 is 14.5 Å². The molecular formula is C41H27B2N3OS2. The van der Waals surface area contributed by atoms with Gasteiger partial charge in [0.15, 0.2) is 0 Å². The van der Waals surface area contributed by atoms with Gasteiger partial charge in [-0.1, -0.05) is 71.8 Å². The van der Waals surface area contributed by atoms with Gasteiger partial charge in [0.25, 0.3) is 13.4 Å². The zero-order valence-corrected chi connectivity index (χ0v) is 28.5. The van der Waals surface area contributed by atoms with E-state index >= 15 is 0 Å². The number of para-hydroxylation sites is 2. The average molecular weight is 663 g/mol. The summed E-state index contributed by atoms with van der Waals surface area (Å²) in [4.78, 5) is 13.6. The molecule has 4 nitrogen and oxygen atoms in total. The number of anilines is 6. The van der Waals surface area contributed by atoms with Crippen molar-refractivity contribution in [1.82, 2.24) is 4.98 Å². The van der Waals surface area contributed by atoms with E-state index in [1.54, 1.807) is 0 Å². The van der Waals surface area contributed by atoms with Crippen LogP contribution in [0, 0.1) is 13.8 Å². The second-order valence-electron chi connectivity index (χ2n) is 13.2. The van der Waals surface area contributed by atoms with Gasteiger partial charge in [0.05, 0.1) is 5.00 Å². The van der Waals surface area contributed by atoms with Crippen molar-refractivity contribution in [1.29, 1.82) is 0 Å². The van der Waals surface area contributed by atoms with Crippen molar-refractivity contribution in [2.24, 2.45) is 0 Å². The molecule has 4 aliphatic rings. The zero-order chi connectivity index (χ0) is 32.4. The van der Waals surface area contributed by atoms with Crippen molar-refractivity contribution >= 4 is 103 Å². The molecule has 0 N–H and O–H groups in total. The van der Waals surface area contributed by atoms with Crippen molar-refractivity contribution < 1.29 is 4.74 Å². The quantitative estimate of drug-likeness (QED) is 0.187. The smallest absolute Gasteiger partial charge is 0.258 e. The Morgan fingerprint density at radius 2 is 1.33 bits per heavy atom. The molecule has 0 radical (unpaired) electrons. The van der Waals surface area contributed by atoms with E-state index in [9.17, 15) is 0 Å². The molecular weight excluding hydrogens is 636 g/mol. The van der Waals surface area contributed by atoms with Crippen LogP contribution in [0.1, 0.15) is 10.4 Å². The van der Waals surface area contributed by atoms with E-state index in [2.05, 4.69) is 138 Å². The number of pyridine rings is 1. The molecule has 0 amide bonds. The van der Waals surface area contributed by atoms with Crippen LogP contribution in [0.3, 0.4) is 0 Å². The highest BCUT2D eigenvalue weighted by Gasteiger charge is 2.47. The number of ether oxygens (including phenoxy) is 1. The van der Waals surface area contributed by atoms with Gasteiger partial charge in [-0.15, -0.1) is 11.3 Å². The predicted octanol–water partition coefficient (Wildman–Crippen LogP) is 6.93. The van der Waals surface area contributed by atoms with Crippen LogP contribution in [0.15, 0.2) is 137 Å². The molecule has 0 atom stereocenters. The molecule has 8 heteroatoms. The lowest BCUT2D eigenvalue weighted by Crippen LogP contribution is -2.63. The lowest BCUT2D eigenvalue weighted by atomic mass is 9.31. The Bertz CT molecular complexity index is 2520. The number of rotatable bonds is 2. The molecule has 0 saturated heterocycles. The molecule has 230 valence electrons. The summed E-state index contributed by atoms with van der Waals surface area (Å²) in [6, 6.07) is 42.0. The second kappa shape index (κ2) is 10.2. The van der Waals surface area contributed by atoms with Gasteiger partial charge in [0.1, 0.15) is 11.5 Å². The Balaban J connectivity index is 1.21. The average Bonchev–Trinajstić information content (AvgIpc) is 3.44. The third kappa shape index (κ3) is 3.76. The van der Waals surface area contributed by atoms with Crippen LogP contribution in [0.5, 0.6) is 11.5 Å². The number of benzene rings is 5. The minimum atomic E-state index is -0.000242. The lowest BCUT2D eigenvalue weighted by Gasteiger charge is -2.42. The summed E-state index contributed by atoms with van der Waals surface area (Å²) in [7, 11) is 0. The van der Waals surface area contributed by atoms with E-state index in [0.717, 1.165) is 28.3 Å². The maximum absolute atomic E-state index is 6.59. The van der Waals surface area contributed by atoms with Gasteiger partial charge in [0, 0.05) is 55.5 Å². The molecule has 11 rings (SSSR count). The van der Waals surface area contributed by atoms with Crippen molar-refractivity contribution in [2.75, 3.05) is 9.80 Å².